The molecule has 0 aromatic heterocycles. The number of nitrogens with zero attached hydrogens (tertiary/aromatic N) is 1. The quantitative estimate of drug-likeness (QED) is 0.806. The average Bonchev–Trinajstić information content (AvgIpc) is 2.42. The lowest BCUT2D eigenvalue weighted by molar-refractivity contribution is 0.0342. The first-order valence-electron chi connectivity index (χ1n) is 6.09. The Labute approximate surface area is 107 Å². The number of carbonyl (C=O) groups is 1. The van der Waals surface area contributed by atoms with Crippen molar-refractivity contribution in [1.29, 1.82) is 0 Å². The molecule has 1 aromatic rings. The van der Waals surface area contributed by atoms with E-state index >= 15 is 0 Å². The summed E-state index contributed by atoms with van der Waals surface area (Å²) in [6.45, 7) is 7.93. The first-order chi connectivity index (χ1) is 8.83. The summed E-state index contributed by atoms with van der Waals surface area (Å²) in [4.78, 5) is 13.4. The van der Waals surface area contributed by atoms with Crippen LogP contribution in [0.3, 0.4) is 0 Å². The van der Waals surface area contributed by atoms with Gasteiger partial charge in [-0.2, -0.15) is 0 Å². The molecule has 0 saturated carbocycles. The summed E-state index contributed by atoms with van der Waals surface area (Å²) < 4.78 is 5.31. The highest BCUT2D eigenvalue weighted by atomic mass is 16.5. The first-order valence-corrected chi connectivity index (χ1v) is 6.09. The third-order valence-electron chi connectivity index (χ3n) is 3.01. The highest BCUT2D eigenvalue weighted by Crippen LogP contribution is 2.17. The maximum Gasteiger partial charge on any atom is 0.152 e. The standard InChI is InChI=1S/C14H18N2O2/c1-2-15-14-4-3-12(9-13(14)11-17)10-16-5-7-18-8-6-16/h2-4,9,11,15H,1,5-8,10H2. The molecule has 0 amide bonds. The molecule has 1 aromatic carbocycles. The lowest BCUT2D eigenvalue weighted by Crippen LogP contribution is -2.35. The van der Waals surface area contributed by atoms with Crippen LogP contribution >= 0.6 is 0 Å². The molecule has 0 radical (unpaired) electrons. The molecule has 18 heavy (non-hydrogen) atoms. The Kier molecular flexibility index (Phi) is 4.50. The Morgan fingerprint density at radius 3 is 2.83 bits per heavy atom. The normalized spacial score (nSPS) is 16.2. The summed E-state index contributed by atoms with van der Waals surface area (Å²) in [5.74, 6) is 0. The molecule has 1 aliphatic rings. The van der Waals surface area contributed by atoms with Crippen molar-refractivity contribution in [3.63, 3.8) is 0 Å². The minimum atomic E-state index is 0.667. The fourth-order valence-corrected chi connectivity index (χ4v) is 2.07. The van der Waals surface area contributed by atoms with Crippen molar-refractivity contribution >= 4 is 12.0 Å². The van der Waals surface area contributed by atoms with Gasteiger partial charge in [-0.05, 0) is 23.9 Å². The largest absolute Gasteiger partial charge is 0.379 e. The third-order valence-corrected chi connectivity index (χ3v) is 3.01. The number of rotatable bonds is 5. The predicted octanol–water partition coefficient (Wildman–Crippen LogP) is 1.89. The Balaban J connectivity index is 2.08. The van der Waals surface area contributed by atoms with Crippen LogP contribution in [0.25, 0.3) is 0 Å². The van der Waals surface area contributed by atoms with Crippen molar-refractivity contribution in [2.24, 2.45) is 0 Å². The van der Waals surface area contributed by atoms with E-state index in [1.807, 2.05) is 18.2 Å². The van der Waals surface area contributed by atoms with Crippen LogP contribution in [-0.2, 0) is 11.3 Å². The van der Waals surface area contributed by atoms with Gasteiger partial charge in [-0.3, -0.25) is 9.69 Å². The number of anilines is 1. The molecule has 1 heterocycles. The Morgan fingerprint density at radius 1 is 1.39 bits per heavy atom. The second-order valence-electron chi connectivity index (χ2n) is 4.28. The monoisotopic (exact) mass is 246 g/mol. The minimum absolute atomic E-state index is 0.667. The van der Waals surface area contributed by atoms with Crippen LogP contribution < -0.4 is 5.32 Å². The number of benzene rings is 1. The fraction of sp³-hybridized carbons (Fsp3) is 0.357. The average molecular weight is 246 g/mol. The van der Waals surface area contributed by atoms with Gasteiger partial charge < -0.3 is 10.1 Å². The maximum atomic E-state index is 11.0. The molecule has 1 aliphatic heterocycles. The van der Waals surface area contributed by atoms with Crippen LogP contribution in [0.5, 0.6) is 0 Å². The van der Waals surface area contributed by atoms with Gasteiger partial charge in [0.15, 0.2) is 6.29 Å². The summed E-state index contributed by atoms with van der Waals surface area (Å²) in [5.41, 5.74) is 2.61. The van der Waals surface area contributed by atoms with Gasteiger partial charge in [0.2, 0.25) is 0 Å². The van der Waals surface area contributed by atoms with Crippen molar-refractivity contribution in [2.75, 3.05) is 31.6 Å². The highest BCUT2D eigenvalue weighted by Gasteiger charge is 2.11. The van der Waals surface area contributed by atoms with E-state index in [2.05, 4.69) is 16.8 Å². The summed E-state index contributed by atoms with van der Waals surface area (Å²) in [6.07, 6.45) is 2.44. The molecule has 0 aliphatic carbocycles. The summed E-state index contributed by atoms with van der Waals surface area (Å²) in [5, 5.41) is 2.96. The summed E-state index contributed by atoms with van der Waals surface area (Å²) >= 11 is 0. The molecule has 0 atom stereocenters. The molecular weight excluding hydrogens is 228 g/mol. The Morgan fingerprint density at radius 2 is 2.17 bits per heavy atom. The number of morpholine rings is 1. The zero-order chi connectivity index (χ0) is 12.8. The molecule has 4 heteroatoms. The molecule has 4 nitrogen and oxygen atoms in total. The predicted molar refractivity (Wildman–Crippen MR) is 71.7 cm³/mol. The van der Waals surface area contributed by atoms with Gasteiger partial charge in [0.1, 0.15) is 0 Å². The van der Waals surface area contributed by atoms with Gasteiger partial charge in [0.05, 0.1) is 13.2 Å². The van der Waals surface area contributed by atoms with E-state index in [9.17, 15) is 4.79 Å². The van der Waals surface area contributed by atoms with Gasteiger partial charge in [0.25, 0.3) is 0 Å². The smallest absolute Gasteiger partial charge is 0.152 e. The van der Waals surface area contributed by atoms with E-state index in [4.69, 9.17) is 4.74 Å². The zero-order valence-corrected chi connectivity index (χ0v) is 10.4. The van der Waals surface area contributed by atoms with Crippen LogP contribution in [0.2, 0.25) is 0 Å². The van der Waals surface area contributed by atoms with Gasteiger partial charge >= 0.3 is 0 Å². The number of hydrogen-bond donors (Lipinski definition) is 1. The molecule has 0 spiro atoms. The van der Waals surface area contributed by atoms with E-state index in [0.29, 0.717) is 5.56 Å². The highest BCUT2D eigenvalue weighted by molar-refractivity contribution is 5.84. The molecule has 2 rings (SSSR count). The first kappa shape index (κ1) is 12.8. The minimum Gasteiger partial charge on any atom is -0.379 e. The second-order valence-corrected chi connectivity index (χ2v) is 4.28. The number of ether oxygens (including phenoxy) is 1. The van der Waals surface area contributed by atoms with Gasteiger partial charge in [-0.1, -0.05) is 12.6 Å². The third kappa shape index (κ3) is 3.18. The molecule has 1 fully saturated rings. The van der Waals surface area contributed by atoms with Gasteiger partial charge in [-0.25, -0.2) is 0 Å². The number of hydrogen-bond acceptors (Lipinski definition) is 4. The molecule has 0 bridgehead atoms. The van der Waals surface area contributed by atoms with E-state index < -0.39 is 0 Å². The van der Waals surface area contributed by atoms with Crippen LogP contribution in [0.1, 0.15) is 15.9 Å². The van der Waals surface area contributed by atoms with Crippen molar-refractivity contribution in [3.05, 3.63) is 42.1 Å². The van der Waals surface area contributed by atoms with E-state index in [1.165, 1.54) is 0 Å². The molecule has 1 N–H and O–H groups in total. The second kappa shape index (κ2) is 6.33. The zero-order valence-electron chi connectivity index (χ0n) is 10.4. The molecule has 1 saturated heterocycles. The van der Waals surface area contributed by atoms with Crippen LogP contribution in [0.15, 0.2) is 31.0 Å². The fourth-order valence-electron chi connectivity index (χ4n) is 2.07. The van der Waals surface area contributed by atoms with E-state index in [1.54, 1.807) is 6.20 Å². The number of carbonyl (C=O) groups excluding carboxylic acids is 1. The Hall–Kier alpha value is -1.65. The van der Waals surface area contributed by atoms with Crippen molar-refractivity contribution < 1.29 is 9.53 Å². The van der Waals surface area contributed by atoms with Gasteiger partial charge in [-0.15, -0.1) is 0 Å². The molecular formula is C14H18N2O2. The lowest BCUT2D eigenvalue weighted by atomic mass is 10.1. The molecule has 0 unspecified atom stereocenters. The SMILES string of the molecule is C=CNc1ccc(CN2CCOCC2)cc1C=O. The van der Waals surface area contributed by atoms with Crippen LogP contribution in [0, 0.1) is 0 Å². The Bertz CT molecular complexity index is 426. The summed E-state index contributed by atoms with van der Waals surface area (Å²) in [7, 11) is 0. The summed E-state index contributed by atoms with van der Waals surface area (Å²) in [6, 6.07) is 5.88. The molecule has 96 valence electrons. The van der Waals surface area contributed by atoms with Crippen molar-refractivity contribution in [3.8, 4) is 0 Å². The van der Waals surface area contributed by atoms with E-state index in [0.717, 1.165) is 50.4 Å². The maximum absolute atomic E-state index is 11.0. The number of aldehydes is 1. The topological polar surface area (TPSA) is 41.6 Å². The number of nitrogens with one attached hydrogen (secondary N) is 1. The van der Waals surface area contributed by atoms with Crippen molar-refractivity contribution in [2.45, 2.75) is 6.54 Å². The van der Waals surface area contributed by atoms with Crippen LogP contribution in [-0.4, -0.2) is 37.5 Å². The van der Waals surface area contributed by atoms with Gasteiger partial charge in [0, 0.05) is 30.9 Å². The van der Waals surface area contributed by atoms with E-state index in [-0.39, 0.29) is 0 Å². The van der Waals surface area contributed by atoms with Crippen LogP contribution in [0.4, 0.5) is 5.69 Å². The lowest BCUT2D eigenvalue weighted by Gasteiger charge is -2.26. The van der Waals surface area contributed by atoms with Crippen molar-refractivity contribution in [1.82, 2.24) is 4.90 Å².